The van der Waals surface area contributed by atoms with Crippen LogP contribution in [0.1, 0.15) is 51.8 Å². The first kappa shape index (κ1) is 13.6. The van der Waals surface area contributed by atoms with Crippen molar-refractivity contribution in [2.75, 3.05) is 0 Å². The third-order valence-electron chi connectivity index (χ3n) is 2.63. The van der Waals surface area contributed by atoms with Crippen LogP contribution in [0.25, 0.3) is 11.0 Å². The molecule has 0 aliphatic rings. The van der Waals surface area contributed by atoms with Gasteiger partial charge in [0.15, 0.2) is 0 Å². The largest absolute Gasteiger partial charge is 0.253 e. The summed E-state index contributed by atoms with van der Waals surface area (Å²) >= 11 is 0. The quantitative estimate of drug-likeness (QED) is 0.767. The van der Waals surface area contributed by atoms with Gasteiger partial charge in [-0.25, -0.2) is 4.98 Å². The molecule has 0 amide bonds. The van der Waals surface area contributed by atoms with Crippen molar-refractivity contribution in [3.05, 3.63) is 35.7 Å². The lowest BCUT2D eigenvalue weighted by atomic mass is 10.1. The van der Waals surface area contributed by atoms with Crippen LogP contribution in [0.2, 0.25) is 0 Å². The Balaban J connectivity index is 0.000000686. The molecule has 2 aromatic rings. The van der Waals surface area contributed by atoms with Crippen LogP contribution in [0.4, 0.5) is 0 Å². The minimum atomic E-state index is 0.438. The van der Waals surface area contributed by atoms with Gasteiger partial charge in [0.2, 0.25) is 0 Å². The minimum absolute atomic E-state index is 0.438. The van der Waals surface area contributed by atoms with Crippen LogP contribution < -0.4 is 0 Å². The van der Waals surface area contributed by atoms with Gasteiger partial charge in [-0.15, -0.1) is 0 Å². The van der Waals surface area contributed by atoms with Crippen LogP contribution in [0, 0.1) is 0 Å². The predicted octanol–water partition coefficient (Wildman–Crippen LogP) is 4.34. The van der Waals surface area contributed by atoms with Crippen molar-refractivity contribution in [3.63, 3.8) is 0 Å². The number of nitrogens with zero attached hydrogens (tertiary/aromatic N) is 2. The third kappa shape index (κ3) is 3.26. The molecule has 1 heterocycles. The molecule has 0 aliphatic heterocycles. The lowest BCUT2D eigenvalue weighted by Gasteiger charge is -2.05. The molecule has 2 rings (SSSR count). The fraction of sp³-hybridized carbons (Fsp3) is 0.467. The van der Waals surface area contributed by atoms with E-state index < -0.39 is 0 Å². The van der Waals surface area contributed by atoms with Crippen molar-refractivity contribution >= 4 is 11.0 Å². The highest BCUT2D eigenvalue weighted by Crippen LogP contribution is 2.16. The molecule has 0 atom stereocenters. The first-order valence-electron chi connectivity index (χ1n) is 6.46. The number of benzene rings is 1. The maximum atomic E-state index is 4.59. The van der Waals surface area contributed by atoms with E-state index in [1.807, 2.05) is 20.0 Å². The molecule has 0 fully saturated rings. The zero-order valence-electron chi connectivity index (χ0n) is 11.5. The fourth-order valence-electron chi connectivity index (χ4n) is 1.57. The van der Waals surface area contributed by atoms with Gasteiger partial charge in [0.25, 0.3) is 0 Å². The minimum Gasteiger partial charge on any atom is -0.253 e. The predicted molar refractivity (Wildman–Crippen MR) is 74.4 cm³/mol. The van der Waals surface area contributed by atoms with Crippen LogP contribution in [-0.4, -0.2) is 9.97 Å². The van der Waals surface area contributed by atoms with Crippen molar-refractivity contribution in [2.24, 2.45) is 0 Å². The van der Waals surface area contributed by atoms with Gasteiger partial charge in [0.05, 0.1) is 16.7 Å². The number of aryl methyl sites for hydroxylation is 1. The smallest absolute Gasteiger partial charge is 0.0890 e. The number of rotatable bonds is 2. The highest BCUT2D eigenvalue weighted by molar-refractivity contribution is 5.74. The van der Waals surface area contributed by atoms with Crippen LogP contribution in [0.15, 0.2) is 24.4 Å². The van der Waals surface area contributed by atoms with Crippen LogP contribution in [0.3, 0.4) is 0 Å². The van der Waals surface area contributed by atoms with E-state index in [1.54, 1.807) is 0 Å². The summed E-state index contributed by atoms with van der Waals surface area (Å²) in [6.45, 7) is 10.4. The van der Waals surface area contributed by atoms with Gasteiger partial charge in [-0.1, -0.05) is 40.7 Å². The number of aromatic nitrogens is 2. The molecule has 0 bridgehead atoms. The molecule has 2 nitrogen and oxygen atoms in total. The first-order chi connectivity index (χ1) is 8.20. The number of hydrogen-bond acceptors (Lipinski definition) is 2. The van der Waals surface area contributed by atoms with E-state index in [-0.39, 0.29) is 0 Å². The molecule has 0 aliphatic carbocycles. The molecule has 92 valence electrons. The van der Waals surface area contributed by atoms with Crippen LogP contribution >= 0.6 is 0 Å². The average molecular weight is 230 g/mol. The van der Waals surface area contributed by atoms with Gasteiger partial charge < -0.3 is 0 Å². The Bertz CT molecular complexity index is 475. The summed E-state index contributed by atoms with van der Waals surface area (Å²) in [6, 6.07) is 6.31. The molecule has 0 saturated carbocycles. The van der Waals surface area contributed by atoms with Crippen molar-refractivity contribution in [2.45, 2.75) is 47.0 Å². The standard InChI is InChI=1S/C13H16N2.C2H6/c1-4-10-5-6-11-12(7-10)14-8-13(15-11)9(2)3;1-2/h5-9H,4H2,1-3H3;1-2H3. The molecule has 1 aromatic carbocycles. The zero-order valence-corrected chi connectivity index (χ0v) is 11.5. The second-order valence-electron chi connectivity index (χ2n) is 4.13. The summed E-state index contributed by atoms with van der Waals surface area (Å²) in [7, 11) is 0. The Hall–Kier alpha value is -1.44. The topological polar surface area (TPSA) is 25.8 Å². The summed E-state index contributed by atoms with van der Waals surface area (Å²) < 4.78 is 0. The SMILES string of the molecule is CC.CCc1ccc2nc(C(C)C)cnc2c1. The van der Waals surface area contributed by atoms with E-state index in [1.165, 1.54) is 5.56 Å². The number of fused-ring (bicyclic) bond motifs is 1. The highest BCUT2D eigenvalue weighted by Gasteiger charge is 2.03. The maximum absolute atomic E-state index is 4.59. The Labute approximate surface area is 104 Å². The fourth-order valence-corrected chi connectivity index (χ4v) is 1.57. The average Bonchev–Trinajstić information content (AvgIpc) is 2.39. The van der Waals surface area contributed by atoms with E-state index in [4.69, 9.17) is 0 Å². The van der Waals surface area contributed by atoms with E-state index in [2.05, 4.69) is 48.9 Å². The van der Waals surface area contributed by atoms with Crippen molar-refractivity contribution in [1.29, 1.82) is 0 Å². The first-order valence-corrected chi connectivity index (χ1v) is 6.46. The molecule has 0 spiro atoms. The lowest BCUT2D eigenvalue weighted by Crippen LogP contribution is -1.95. The number of hydrogen-bond donors (Lipinski definition) is 0. The highest BCUT2D eigenvalue weighted by atomic mass is 14.8. The van der Waals surface area contributed by atoms with Crippen LogP contribution in [0.5, 0.6) is 0 Å². The van der Waals surface area contributed by atoms with Gasteiger partial charge in [-0.2, -0.15) is 0 Å². The Morgan fingerprint density at radius 1 is 1.12 bits per heavy atom. The molecule has 0 radical (unpaired) electrons. The van der Waals surface area contributed by atoms with Gasteiger partial charge in [-0.3, -0.25) is 4.98 Å². The summed E-state index contributed by atoms with van der Waals surface area (Å²) in [4.78, 5) is 9.04. The van der Waals surface area contributed by atoms with Crippen LogP contribution in [-0.2, 0) is 6.42 Å². The van der Waals surface area contributed by atoms with Crippen molar-refractivity contribution in [1.82, 2.24) is 9.97 Å². The van der Waals surface area contributed by atoms with Crippen molar-refractivity contribution < 1.29 is 0 Å². The maximum Gasteiger partial charge on any atom is 0.0890 e. The zero-order chi connectivity index (χ0) is 12.8. The molecule has 0 unspecified atom stereocenters. The Morgan fingerprint density at radius 2 is 1.82 bits per heavy atom. The lowest BCUT2D eigenvalue weighted by molar-refractivity contribution is 0.822. The molecular weight excluding hydrogens is 208 g/mol. The third-order valence-corrected chi connectivity index (χ3v) is 2.63. The summed E-state index contributed by atoms with van der Waals surface area (Å²) in [5.41, 5.74) is 4.37. The molecule has 0 N–H and O–H groups in total. The molecule has 1 aromatic heterocycles. The molecule has 17 heavy (non-hydrogen) atoms. The summed E-state index contributed by atoms with van der Waals surface area (Å²) in [5.74, 6) is 0.438. The van der Waals surface area contributed by atoms with Gasteiger partial charge in [-0.05, 0) is 30.0 Å². The van der Waals surface area contributed by atoms with E-state index in [9.17, 15) is 0 Å². The molecule has 2 heteroatoms. The molecule has 0 saturated heterocycles. The Kier molecular flexibility index (Phi) is 5.08. The summed E-state index contributed by atoms with van der Waals surface area (Å²) in [6.07, 6.45) is 2.93. The van der Waals surface area contributed by atoms with Gasteiger partial charge >= 0.3 is 0 Å². The van der Waals surface area contributed by atoms with E-state index in [0.717, 1.165) is 23.1 Å². The Morgan fingerprint density at radius 3 is 2.41 bits per heavy atom. The van der Waals surface area contributed by atoms with E-state index in [0.29, 0.717) is 5.92 Å². The second-order valence-corrected chi connectivity index (χ2v) is 4.13. The summed E-state index contributed by atoms with van der Waals surface area (Å²) in [5, 5.41) is 0. The molecular formula is C15H22N2. The van der Waals surface area contributed by atoms with E-state index >= 15 is 0 Å². The van der Waals surface area contributed by atoms with Gasteiger partial charge in [0.1, 0.15) is 0 Å². The second kappa shape index (κ2) is 6.33. The van der Waals surface area contributed by atoms with Gasteiger partial charge in [0, 0.05) is 6.20 Å². The normalized spacial score (nSPS) is 10.2. The monoisotopic (exact) mass is 230 g/mol. The van der Waals surface area contributed by atoms with Crippen molar-refractivity contribution in [3.8, 4) is 0 Å².